The van der Waals surface area contributed by atoms with Crippen LogP contribution in [-0.4, -0.2) is 38.3 Å². The first-order chi connectivity index (χ1) is 6.79. The molecule has 1 heterocycles. The molecule has 1 saturated carbocycles. The predicted molar refractivity (Wildman–Crippen MR) is 52.9 cm³/mol. The van der Waals surface area contributed by atoms with E-state index in [1.165, 1.54) is 0 Å². The van der Waals surface area contributed by atoms with Gasteiger partial charge in [0.25, 0.3) is 0 Å². The lowest BCUT2D eigenvalue weighted by Crippen LogP contribution is -2.52. The molecule has 2 rings (SSSR count). The van der Waals surface area contributed by atoms with Crippen molar-refractivity contribution < 1.29 is 9.53 Å². The van der Waals surface area contributed by atoms with Gasteiger partial charge in [-0.05, 0) is 19.3 Å². The Bertz CT molecular complexity index is 216. The van der Waals surface area contributed by atoms with Crippen molar-refractivity contribution in [1.29, 1.82) is 0 Å². The fraction of sp³-hybridized carbons (Fsp3) is 0.900. The van der Waals surface area contributed by atoms with Gasteiger partial charge in [0.2, 0.25) is 5.91 Å². The van der Waals surface area contributed by atoms with Crippen molar-refractivity contribution in [3.05, 3.63) is 0 Å². The number of carbonyl (C=O) groups is 1. The first kappa shape index (κ1) is 9.93. The third kappa shape index (κ3) is 2.07. The lowest BCUT2D eigenvalue weighted by Gasteiger charge is -2.27. The average molecular weight is 198 g/mol. The summed E-state index contributed by atoms with van der Waals surface area (Å²) in [6.45, 7) is 1.68. The fourth-order valence-electron chi connectivity index (χ4n) is 2.08. The Kier molecular flexibility index (Phi) is 3.03. The van der Waals surface area contributed by atoms with Crippen molar-refractivity contribution in [3.8, 4) is 0 Å². The molecule has 0 radical (unpaired) electrons. The summed E-state index contributed by atoms with van der Waals surface area (Å²) in [6.07, 6.45) is 3.46. The standard InChI is InChI=1S/C10H18N2O2/c1-14-9-3-2-8(4-9)12-10(13)7-5-11-6-7/h7-9,11H,2-6H2,1H3,(H,12,13). The Morgan fingerprint density at radius 2 is 2.21 bits per heavy atom. The number of hydrogen-bond donors (Lipinski definition) is 2. The molecule has 2 unspecified atom stereocenters. The molecular weight excluding hydrogens is 180 g/mol. The topological polar surface area (TPSA) is 50.4 Å². The molecular formula is C10H18N2O2. The molecule has 80 valence electrons. The third-order valence-electron chi connectivity index (χ3n) is 3.22. The maximum atomic E-state index is 11.6. The van der Waals surface area contributed by atoms with E-state index in [4.69, 9.17) is 4.74 Å². The van der Waals surface area contributed by atoms with Crippen LogP contribution in [0.4, 0.5) is 0 Å². The molecule has 0 aromatic carbocycles. The number of carbonyl (C=O) groups excluding carboxylic acids is 1. The van der Waals surface area contributed by atoms with Gasteiger partial charge in [0.05, 0.1) is 12.0 Å². The maximum absolute atomic E-state index is 11.6. The highest BCUT2D eigenvalue weighted by Gasteiger charge is 2.30. The normalized spacial score (nSPS) is 32.6. The predicted octanol–water partition coefficient (Wildman–Crippen LogP) is -0.110. The summed E-state index contributed by atoms with van der Waals surface area (Å²) >= 11 is 0. The first-order valence-corrected chi connectivity index (χ1v) is 5.33. The minimum absolute atomic E-state index is 0.205. The second-order valence-corrected chi connectivity index (χ2v) is 4.23. The SMILES string of the molecule is COC1CCC(NC(=O)C2CNC2)C1. The highest BCUT2D eigenvalue weighted by molar-refractivity contribution is 5.80. The van der Waals surface area contributed by atoms with Gasteiger partial charge >= 0.3 is 0 Å². The van der Waals surface area contributed by atoms with Crippen molar-refractivity contribution >= 4 is 5.91 Å². The molecule has 1 amide bonds. The summed E-state index contributed by atoms with van der Waals surface area (Å²) in [7, 11) is 1.74. The third-order valence-corrected chi connectivity index (χ3v) is 3.22. The Labute approximate surface area is 84.4 Å². The molecule has 14 heavy (non-hydrogen) atoms. The van der Waals surface area contributed by atoms with Gasteiger partial charge in [-0.15, -0.1) is 0 Å². The molecule has 1 saturated heterocycles. The number of nitrogens with one attached hydrogen (secondary N) is 2. The Morgan fingerprint density at radius 1 is 1.43 bits per heavy atom. The van der Waals surface area contributed by atoms with E-state index in [-0.39, 0.29) is 11.8 Å². The van der Waals surface area contributed by atoms with Crippen molar-refractivity contribution in [2.45, 2.75) is 31.4 Å². The quantitative estimate of drug-likeness (QED) is 0.665. The van der Waals surface area contributed by atoms with Crippen LogP contribution in [0.2, 0.25) is 0 Å². The molecule has 0 aromatic heterocycles. The maximum Gasteiger partial charge on any atom is 0.225 e. The van der Waals surface area contributed by atoms with E-state index >= 15 is 0 Å². The molecule has 4 nitrogen and oxygen atoms in total. The first-order valence-electron chi connectivity index (χ1n) is 5.33. The minimum Gasteiger partial charge on any atom is -0.381 e. The molecule has 2 N–H and O–H groups in total. The molecule has 0 spiro atoms. The van der Waals surface area contributed by atoms with Crippen LogP contribution in [0.25, 0.3) is 0 Å². The lowest BCUT2D eigenvalue weighted by atomic mass is 10.0. The summed E-state index contributed by atoms with van der Waals surface area (Å²) in [5.74, 6) is 0.419. The Hall–Kier alpha value is -0.610. The van der Waals surface area contributed by atoms with Crippen LogP contribution >= 0.6 is 0 Å². The van der Waals surface area contributed by atoms with Crippen LogP contribution in [-0.2, 0) is 9.53 Å². The number of amides is 1. The number of methoxy groups -OCH3 is 1. The number of ether oxygens (including phenoxy) is 1. The Balaban J connectivity index is 1.72. The molecule has 2 fully saturated rings. The summed E-state index contributed by atoms with van der Waals surface area (Å²) in [5, 5.41) is 6.19. The van der Waals surface area contributed by atoms with E-state index in [1.54, 1.807) is 7.11 Å². The van der Waals surface area contributed by atoms with E-state index < -0.39 is 0 Å². The second-order valence-electron chi connectivity index (χ2n) is 4.23. The molecule has 1 aliphatic heterocycles. The van der Waals surface area contributed by atoms with Crippen LogP contribution in [0.1, 0.15) is 19.3 Å². The molecule has 2 atom stereocenters. The lowest BCUT2D eigenvalue weighted by molar-refractivity contribution is -0.127. The highest BCUT2D eigenvalue weighted by Crippen LogP contribution is 2.21. The van der Waals surface area contributed by atoms with E-state index in [0.717, 1.165) is 32.4 Å². The van der Waals surface area contributed by atoms with E-state index in [2.05, 4.69) is 10.6 Å². The van der Waals surface area contributed by atoms with E-state index in [0.29, 0.717) is 12.1 Å². The summed E-state index contributed by atoms with van der Waals surface area (Å²) in [5.41, 5.74) is 0. The van der Waals surface area contributed by atoms with Crippen molar-refractivity contribution in [2.75, 3.05) is 20.2 Å². The monoisotopic (exact) mass is 198 g/mol. The van der Waals surface area contributed by atoms with Crippen LogP contribution in [0.5, 0.6) is 0 Å². The van der Waals surface area contributed by atoms with Crippen molar-refractivity contribution in [3.63, 3.8) is 0 Å². The molecule has 1 aliphatic carbocycles. The smallest absolute Gasteiger partial charge is 0.225 e. The van der Waals surface area contributed by atoms with Gasteiger partial charge in [0.15, 0.2) is 0 Å². The zero-order valence-corrected chi connectivity index (χ0v) is 8.58. The molecule has 0 aromatic rings. The van der Waals surface area contributed by atoms with Gasteiger partial charge in [-0.3, -0.25) is 4.79 Å². The number of hydrogen-bond acceptors (Lipinski definition) is 3. The minimum atomic E-state index is 0.205. The van der Waals surface area contributed by atoms with Gasteiger partial charge in [0, 0.05) is 26.2 Å². The highest BCUT2D eigenvalue weighted by atomic mass is 16.5. The van der Waals surface area contributed by atoms with Gasteiger partial charge in [-0.2, -0.15) is 0 Å². The van der Waals surface area contributed by atoms with Gasteiger partial charge in [-0.25, -0.2) is 0 Å². The zero-order valence-electron chi connectivity index (χ0n) is 8.58. The van der Waals surface area contributed by atoms with Gasteiger partial charge in [-0.1, -0.05) is 0 Å². The summed E-state index contributed by atoms with van der Waals surface area (Å²) < 4.78 is 5.26. The van der Waals surface area contributed by atoms with E-state index in [1.807, 2.05) is 0 Å². The fourth-order valence-corrected chi connectivity index (χ4v) is 2.08. The largest absolute Gasteiger partial charge is 0.381 e. The summed E-state index contributed by atoms with van der Waals surface area (Å²) in [6, 6.07) is 0.341. The summed E-state index contributed by atoms with van der Waals surface area (Å²) in [4.78, 5) is 11.6. The van der Waals surface area contributed by atoms with Crippen LogP contribution < -0.4 is 10.6 Å². The number of rotatable bonds is 3. The Morgan fingerprint density at radius 3 is 2.71 bits per heavy atom. The molecule has 2 aliphatic rings. The van der Waals surface area contributed by atoms with E-state index in [9.17, 15) is 4.79 Å². The second kappa shape index (κ2) is 4.28. The van der Waals surface area contributed by atoms with Gasteiger partial charge < -0.3 is 15.4 Å². The van der Waals surface area contributed by atoms with Crippen molar-refractivity contribution in [2.24, 2.45) is 5.92 Å². The van der Waals surface area contributed by atoms with Crippen molar-refractivity contribution in [1.82, 2.24) is 10.6 Å². The van der Waals surface area contributed by atoms with Crippen LogP contribution in [0, 0.1) is 5.92 Å². The molecule has 4 heteroatoms. The van der Waals surface area contributed by atoms with Gasteiger partial charge in [0.1, 0.15) is 0 Å². The van der Waals surface area contributed by atoms with Crippen LogP contribution in [0.3, 0.4) is 0 Å². The molecule has 0 bridgehead atoms. The average Bonchev–Trinajstić information content (AvgIpc) is 2.48. The zero-order chi connectivity index (χ0) is 9.97. The van der Waals surface area contributed by atoms with Crippen LogP contribution in [0.15, 0.2) is 0 Å².